The van der Waals surface area contributed by atoms with E-state index in [0.29, 0.717) is 0 Å². The summed E-state index contributed by atoms with van der Waals surface area (Å²) in [6.45, 7) is 3.87. The largest absolute Gasteiger partial charge is 0.373 e. The molecule has 0 radical (unpaired) electrons. The van der Waals surface area contributed by atoms with Crippen LogP contribution in [0.4, 0.5) is 9.59 Å². The molecule has 0 aliphatic carbocycles. The van der Waals surface area contributed by atoms with Crippen molar-refractivity contribution in [2.75, 3.05) is 0 Å². The van der Waals surface area contributed by atoms with Crippen LogP contribution in [0, 0.1) is 0 Å². The summed E-state index contributed by atoms with van der Waals surface area (Å²) in [6, 6.07) is 0.329. The minimum Gasteiger partial charge on any atom is -0.373 e. The lowest BCUT2D eigenvalue weighted by atomic mass is 10.1. The highest BCUT2D eigenvalue weighted by atomic mass is 16.5. The first-order valence-corrected chi connectivity index (χ1v) is 6.33. The molecule has 1 aromatic rings. The molecule has 3 unspecified atom stereocenters. The maximum atomic E-state index is 11.7. The third-order valence-corrected chi connectivity index (χ3v) is 3.11. The van der Waals surface area contributed by atoms with Gasteiger partial charge in [-0.3, -0.25) is 5.32 Å². The van der Waals surface area contributed by atoms with Crippen molar-refractivity contribution in [1.82, 2.24) is 20.4 Å². The van der Waals surface area contributed by atoms with Crippen LogP contribution in [0.15, 0.2) is 18.5 Å². The highest BCUT2D eigenvalue weighted by Crippen LogP contribution is 2.21. The Balaban J connectivity index is 1.79. The smallest absolute Gasteiger partial charge is 0.350 e. The number of nitrogens with one attached hydrogen (secondary N) is 2. The third kappa shape index (κ3) is 3.54. The number of ether oxygens (including phenoxy) is 1. The summed E-state index contributed by atoms with van der Waals surface area (Å²) < 4.78 is 6.71. The zero-order valence-electron chi connectivity index (χ0n) is 11.0. The molecule has 2 N–H and O–H groups in total. The van der Waals surface area contributed by atoms with Gasteiger partial charge in [-0.1, -0.05) is 0 Å². The third-order valence-electron chi connectivity index (χ3n) is 3.11. The summed E-state index contributed by atoms with van der Waals surface area (Å²) in [7, 11) is 0. The van der Waals surface area contributed by atoms with Crippen LogP contribution >= 0.6 is 0 Å². The topological polar surface area (TPSA) is 85.3 Å². The maximum Gasteiger partial charge on any atom is 0.350 e. The van der Waals surface area contributed by atoms with Crippen LogP contribution in [-0.2, 0) is 4.74 Å². The highest BCUT2D eigenvalue weighted by Gasteiger charge is 2.28. The molecule has 104 valence electrons. The van der Waals surface area contributed by atoms with Crippen molar-refractivity contribution in [3.8, 4) is 0 Å². The molecule has 0 aromatic carbocycles. The Morgan fingerprint density at radius 2 is 2.26 bits per heavy atom. The van der Waals surface area contributed by atoms with E-state index in [2.05, 4.69) is 15.7 Å². The predicted octanol–water partition coefficient (Wildman–Crippen LogP) is 1.11. The molecule has 3 amide bonds. The minimum atomic E-state index is -0.588. The van der Waals surface area contributed by atoms with E-state index in [1.807, 2.05) is 13.8 Å². The molecule has 1 aliphatic rings. The molecule has 1 fully saturated rings. The number of nitrogens with zero attached hydrogens (tertiary/aromatic N) is 2. The first-order chi connectivity index (χ1) is 9.06. The van der Waals surface area contributed by atoms with Crippen molar-refractivity contribution in [1.29, 1.82) is 0 Å². The number of hydrogen-bond donors (Lipinski definition) is 2. The van der Waals surface area contributed by atoms with Crippen molar-refractivity contribution in [2.24, 2.45) is 0 Å². The van der Waals surface area contributed by atoms with E-state index in [-0.39, 0.29) is 18.2 Å². The zero-order chi connectivity index (χ0) is 13.8. The van der Waals surface area contributed by atoms with Gasteiger partial charge >= 0.3 is 12.1 Å². The summed E-state index contributed by atoms with van der Waals surface area (Å²) in [5, 5.41) is 8.64. The molecule has 0 bridgehead atoms. The van der Waals surface area contributed by atoms with Gasteiger partial charge in [-0.05, 0) is 32.8 Å². The van der Waals surface area contributed by atoms with Gasteiger partial charge in [0.25, 0.3) is 0 Å². The predicted molar refractivity (Wildman–Crippen MR) is 67.7 cm³/mol. The molecule has 3 atom stereocenters. The van der Waals surface area contributed by atoms with E-state index in [9.17, 15) is 9.59 Å². The number of aromatic nitrogens is 2. The SMILES string of the molecule is CC1CCC(C(C)NC(=O)NC(=O)n2cccn2)O1. The zero-order valence-corrected chi connectivity index (χ0v) is 11.0. The van der Waals surface area contributed by atoms with E-state index < -0.39 is 12.1 Å². The number of urea groups is 1. The minimum absolute atomic E-state index is 0.000514. The van der Waals surface area contributed by atoms with Crippen LogP contribution in [0.1, 0.15) is 26.7 Å². The average Bonchev–Trinajstić information content (AvgIpc) is 2.98. The lowest BCUT2D eigenvalue weighted by molar-refractivity contribution is 0.0381. The molecular formula is C12H18N4O3. The van der Waals surface area contributed by atoms with E-state index in [1.54, 1.807) is 6.07 Å². The molecule has 1 aliphatic heterocycles. The van der Waals surface area contributed by atoms with Crippen LogP contribution < -0.4 is 10.6 Å². The fourth-order valence-corrected chi connectivity index (χ4v) is 2.08. The van der Waals surface area contributed by atoms with Gasteiger partial charge in [-0.2, -0.15) is 9.78 Å². The summed E-state index contributed by atoms with van der Waals surface area (Å²) in [5.41, 5.74) is 0. The van der Waals surface area contributed by atoms with Crippen molar-refractivity contribution in [3.63, 3.8) is 0 Å². The van der Waals surface area contributed by atoms with Crippen LogP contribution in [0.25, 0.3) is 0 Å². The monoisotopic (exact) mass is 266 g/mol. The summed E-state index contributed by atoms with van der Waals surface area (Å²) in [5.74, 6) is 0. The van der Waals surface area contributed by atoms with Crippen molar-refractivity contribution < 1.29 is 14.3 Å². The highest BCUT2D eigenvalue weighted by molar-refractivity contribution is 5.94. The van der Waals surface area contributed by atoms with Crippen molar-refractivity contribution >= 4 is 12.1 Å². The van der Waals surface area contributed by atoms with Gasteiger partial charge in [0.2, 0.25) is 0 Å². The maximum absolute atomic E-state index is 11.7. The molecular weight excluding hydrogens is 248 g/mol. The van der Waals surface area contributed by atoms with Crippen LogP contribution in [0.5, 0.6) is 0 Å². The Morgan fingerprint density at radius 1 is 1.47 bits per heavy atom. The van der Waals surface area contributed by atoms with Crippen LogP contribution in [-0.4, -0.2) is 40.1 Å². The summed E-state index contributed by atoms with van der Waals surface area (Å²) >= 11 is 0. The standard InChI is InChI=1S/C12H18N4O3/c1-8-4-5-10(19-8)9(2)14-11(17)15-12(18)16-7-3-6-13-16/h3,6-10H,4-5H2,1-2H3,(H2,14,15,17,18). The van der Waals surface area contributed by atoms with Gasteiger partial charge in [-0.25, -0.2) is 9.59 Å². The molecule has 0 saturated carbocycles. The fourth-order valence-electron chi connectivity index (χ4n) is 2.08. The number of imide groups is 1. The van der Waals surface area contributed by atoms with Gasteiger partial charge in [0.1, 0.15) is 0 Å². The summed E-state index contributed by atoms with van der Waals surface area (Å²) in [4.78, 5) is 23.2. The number of carbonyl (C=O) groups is 2. The van der Waals surface area contributed by atoms with Gasteiger partial charge in [-0.15, -0.1) is 0 Å². The van der Waals surface area contributed by atoms with Gasteiger partial charge < -0.3 is 10.1 Å². The lowest BCUT2D eigenvalue weighted by Crippen LogP contribution is -2.48. The molecule has 0 spiro atoms. The quantitative estimate of drug-likeness (QED) is 0.839. The van der Waals surface area contributed by atoms with E-state index in [0.717, 1.165) is 17.5 Å². The Hall–Kier alpha value is -1.89. The Labute approximate surface area is 111 Å². The number of hydrogen-bond acceptors (Lipinski definition) is 4. The van der Waals surface area contributed by atoms with Gasteiger partial charge in [0.05, 0.1) is 18.2 Å². The molecule has 2 rings (SSSR count). The van der Waals surface area contributed by atoms with Crippen molar-refractivity contribution in [3.05, 3.63) is 18.5 Å². The Bertz CT molecular complexity index is 446. The van der Waals surface area contributed by atoms with E-state index in [1.165, 1.54) is 12.4 Å². The van der Waals surface area contributed by atoms with E-state index >= 15 is 0 Å². The normalized spacial score (nSPS) is 23.9. The second kappa shape index (κ2) is 5.83. The Morgan fingerprint density at radius 3 is 2.84 bits per heavy atom. The number of carbonyl (C=O) groups excluding carboxylic acids is 2. The van der Waals surface area contributed by atoms with Crippen molar-refractivity contribution in [2.45, 2.75) is 44.9 Å². The fraction of sp³-hybridized carbons (Fsp3) is 0.583. The van der Waals surface area contributed by atoms with Crippen LogP contribution in [0.2, 0.25) is 0 Å². The molecule has 2 heterocycles. The first-order valence-electron chi connectivity index (χ1n) is 6.33. The first kappa shape index (κ1) is 13.5. The second-order valence-corrected chi connectivity index (χ2v) is 4.71. The molecule has 7 nitrogen and oxygen atoms in total. The molecule has 1 aromatic heterocycles. The summed E-state index contributed by atoms with van der Waals surface area (Å²) in [6.07, 6.45) is 5.06. The van der Waals surface area contributed by atoms with E-state index in [4.69, 9.17) is 4.74 Å². The number of amides is 3. The number of rotatable bonds is 2. The molecule has 19 heavy (non-hydrogen) atoms. The van der Waals surface area contributed by atoms with Gasteiger partial charge in [0.15, 0.2) is 0 Å². The molecule has 7 heteroatoms. The Kier molecular flexibility index (Phi) is 4.16. The van der Waals surface area contributed by atoms with Gasteiger partial charge in [0, 0.05) is 12.4 Å². The molecule has 1 saturated heterocycles. The second-order valence-electron chi connectivity index (χ2n) is 4.71. The lowest BCUT2D eigenvalue weighted by Gasteiger charge is -2.20. The van der Waals surface area contributed by atoms with Crippen LogP contribution in [0.3, 0.4) is 0 Å². The average molecular weight is 266 g/mol.